The van der Waals surface area contributed by atoms with Crippen molar-refractivity contribution in [1.29, 1.82) is 0 Å². The summed E-state index contributed by atoms with van der Waals surface area (Å²) in [7, 11) is 0. The first kappa shape index (κ1) is 13.6. The number of nitrogens with two attached hydrogens (primary N) is 1. The normalized spacial score (nSPS) is 28.6. The summed E-state index contributed by atoms with van der Waals surface area (Å²) in [5.74, 6) is 3.25. The Bertz CT molecular complexity index is 344. The maximum Gasteiger partial charge on any atom is -0.00461 e. The van der Waals surface area contributed by atoms with Crippen LogP contribution in [0.5, 0.6) is 0 Å². The van der Waals surface area contributed by atoms with Gasteiger partial charge in [0.2, 0.25) is 0 Å². The molecule has 0 saturated heterocycles. The van der Waals surface area contributed by atoms with Gasteiger partial charge in [-0.25, -0.2) is 0 Å². The van der Waals surface area contributed by atoms with Gasteiger partial charge in [0.25, 0.3) is 0 Å². The second-order valence-corrected chi connectivity index (χ2v) is 6.26. The van der Waals surface area contributed by atoms with Crippen LogP contribution in [0.2, 0.25) is 0 Å². The smallest absolute Gasteiger partial charge is 0.00461 e. The number of rotatable bonds is 4. The largest absolute Gasteiger partial charge is 0.330 e. The Morgan fingerprint density at radius 2 is 1.83 bits per heavy atom. The highest BCUT2D eigenvalue weighted by Gasteiger charge is 2.30. The van der Waals surface area contributed by atoms with Crippen LogP contribution in [0.3, 0.4) is 0 Å². The van der Waals surface area contributed by atoms with Gasteiger partial charge in [-0.15, -0.1) is 0 Å². The van der Waals surface area contributed by atoms with Crippen molar-refractivity contribution in [2.75, 3.05) is 6.54 Å². The van der Waals surface area contributed by atoms with E-state index in [4.69, 9.17) is 5.73 Å². The quantitative estimate of drug-likeness (QED) is 0.856. The van der Waals surface area contributed by atoms with Crippen LogP contribution in [-0.2, 0) is 6.42 Å². The van der Waals surface area contributed by atoms with E-state index in [1.807, 2.05) is 0 Å². The number of hydrogen-bond acceptors (Lipinski definition) is 1. The summed E-state index contributed by atoms with van der Waals surface area (Å²) in [6, 6.07) is 10.9. The molecule has 1 nitrogen and oxygen atoms in total. The van der Waals surface area contributed by atoms with Crippen molar-refractivity contribution >= 4 is 0 Å². The molecular formula is C17H27N. The predicted octanol–water partition coefficient (Wildman–Crippen LogP) is 3.88. The summed E-state index contributed by atoms with van der Waals surface area (Å²) in [4.78, 5) is 0. The van der Waals surface area contributed by atoms with E-state index >= 15 is 0 Å². The third-order valence-electron chi connectivity index (χ3n) is 4.77. The van der Waals surface area contributed by atoms with Gasteiger partial charge in [-0.1, -0.05) is 44.2 Å². The first-order valence-electron chi connectivity index (χ1n) is 7.44. The van der Waals surface area contributed by atoms with Crippen molar-refractivity contribution in [2.24, 2.45) is 29.4 Å². The predicted molar refractivity (Wildman–Crippen MR) is 78.4 cm³/mol. The third-order valence-corrected chi connectivity index (χ3v) is 4.77. The molecular weight excluding hydrogens is 218 g/mol. The highest BCUT2D eigenvalue weighted by atomic mass is 14.6. The molecule has 2 N–H and O–H groups in total. The van der Waals surface area contributed by atoms with E-state index in [2.05, 4.69) is 44.2 Å². The molecule has 1 saturated carbocycles. The van der Waals surface area contributed by atoms with Crippen LogP contribution in [0.4, 0.5) is 0 Å². The summed E-state index contributed by atoms with van der Waals surface area (Å²) >= 11 is 0. The van der Waals surface area contributed by atoms with E-state index in [1.54, 1.807) is 0 Å². The second-order valence-electron chi connectivity index (χ2n) is 6.26. The lowest BCUT2D eigenvalue weighted by Gasteiger charge is -2.37. The molecule has 1 aromatic rings. The molecule has 1 heteroatoms. The van der Waals surface area contributed by atoms with Crippen LogP contribution in [0, 0.1) is 23.7 Å². The molecule has 0 aromatic heterocycles. The van der Waals surface area contributed by atoms with Crippen molar-refractivity contribution in [3.63, 3.8) is 0 Å². The first-order valence-corrected chi connectivity index (χ1v) is 7.44. The zero-order valence-corrected chi connectivity index (χ0v) is 11.8. The molecule has 1 aliphatic carbocycles. The molecule has 1 aliphatic rings. The first-order chi connectivity index (χ1) is 8.70. The summed E-state index contributed by atoms with van der Waals surface area (Å²) in [5, 5.41) is 0. The maximum atomic E-state index is 5.97. The zero-order chi connectivity index (χ0) is 13.0. The Labute approximate surface area is 112 Å². The van der Waals surface area contributed by atoms with E-state index < -0.39 is 0 Å². The van der Waals surface area contributed by atoms with Crippen molar-refractivity contribution in [2.45, 2.75) is 39.5 Å². The van der Waals surface area contributed by atoms with Gasteiger partial charge in [0.15, 0.2) is 0 Å². The Morgan fingerprint density at radius 3 is 2.44 bits per heavy atom. The van der Waals surface area contributed by atoms with Crippen molar-refractivity contribution in [1.82, 2.24) is 0 Å². The van der Waals surface area contributed by atoms with Gasteiger partial charge in [-0.3, -0.25) is 0 Å². The molecule has 0 radical (unpaired) electrons. The molecule has 2 rings (SSSR count). The van der Waals surface area contributed by atoms with Gasteiger partial charge < -0.3 is 5.73 Å². The Balaban J connectivity index is 2.02. The fraction of sp³-hybridized carbons (Fsp3) is 0.647. The van der Waals surface area contributed by atoms with E-state index in [9.17, 15) is 0 Å². The average molecular weight is 245 g/mol. The molecule has 3 atom stereocenters. The van der Waals surface area contributed by atoms with Crippen LogP contribution in [0.25, 0.3) is 0 Å². The SMILES string of the molecule is CC(C)C1CCC(CN)C(Cc2ccccc2)C1. The second kappa shape index (κ2) is 6.38. The van der Waals surface area contributed by atoms with Crippen molar-refractivity contribution in [3.8, 4) is 0 Å². The highest BCUT2D eigenvalue weighted by Crippen LogP contribution is 2.38. The minimum atomic E-state index is 0.736. The number of hydrogen-bond donors (Lipinski definition) is 1. The summed E-state index contributed by atoms with van der Waals surface area (Å²) in [6.45, 7) is 5.60. The highest BCUT2D eigenvalue weighted by molar-refractivity contribution is 5.15. The molecule has 100 valence electrons. The van der Waals surface area contributed by atoms with Gasteiger partial charge in [0.05, 0.1) is 0 Å². The lowest BCUT2D eigenvalue weighted by molar-refractivity contribution is 0.151. The topological polar surface area (TPSA) is 26.0 Å². The lowest BCUT2D eigenvalue weighted by Crippen LogP contribution is -2.33. The minimum Gasteiger partial charge on any atom is -0.330 e. The van der Waals surface area contributed by atoms with Gasteiger partial charge in [-0.05, 0) is 61.5 Å². The molecule has 1 aromatic carbocycles. The van der Waals surface area contributed by atoms with E-state index in [1.165, 1.54) is 31.2 Å². The molecule has 0 amide bonds. The summed E-state index contributed by atoms with van der Waals surface area (Å²) < 4.78 is 0. The Kier molecular flexibility index (Phi) is 4.82. The molecule has 0 heterocycles. The van der Waals surface area contributed by atoms with Crippen molar-refractivity contribution in [3.05, 3.63) is 35.9 Å². The molecule has 0 spiro atoms. The average Bonchev–Trinajstić information content (AvgIpc) is 2.39. The van der Waals surface area contributed by atoms with Crippen LogP contribution < -0.4 is 5.73 Å². The summed E-state index contributed by atoms with van der Waals surface area (Å²) in [5.41, 5.74) is 7.45. The monoisotopic (exact) mass is 245 g/mol. The van der Waals surface area contributed by atoms with Gasteiger partial charge in [0.1, 0.15) is 0 Å². The van der Waals surface area contributed by atoms with Gasteiger partial charge in [-0.2, -0.15) is 0 Å². The molecule has 0 bridgehead atoms. The van der Waals surface area contributed by atoms with Gasteiger partial charge >= 0.3 is 0 Å². The standard InChI is InChI=1S/C17H27N/c1-13(2)15-8-9-16(12-18)17(11-15)10-14-6-4-3-5-7-14/h3-7,13,15-17H,8-12,18H2,1-2H3. The van der Waals surface area contributed by atoms with E-state index in [-0.39, 0.29) is 0 Å². The van der Waals surface area contributed by atoms with E-state index in [0.29, 0.717) is 0 Å². The van der Waals surface area contributed by atoms with Crippen LogP contribution in [0.1, 0.15) is 38.7 Å². The van der Waals surface area contributed by atoms with Crippen molar-refractivity contribution < 1.29 is 0 Å². The van der Waals surface area contributed by atoms with Crippen LogP contribution in [-0.4, -0.2) is 6.54 Å². The zero-order valence-electron chi connectivity index (χ0n) is 11.8. The van der Waals surface area contributed by atoms with E-state index in [0.717, 1.165) is 30.2 Å². The molecule has 1 fully saturated rings. The van der Waals surface area contributed by atoms with Crippen LogP contribution in [0.15, 0.2) is 30.3 Å². The fourth-order valence-corrected chi connectivity index (χ4v) is 3.45. The Morgan fingerprint density at radius 1 is 1.11 bits per heavy atom. The lowest BCUT2D eigenvalue weighted by atomic mass is 9.69. The molecule has 18 heavy (non-hydrogen) atoms. The van der Waals surface area contributed by atoms with Crippen LogP contribution >= 0.6 is 0 Å². The maximum absolute atomic E-state index is 5.97. The van der Waals surface area contributed by atoms with Gasteiger partial charge in [0, 0.05) is 0 Å². The molecule has 3 unspecified atom stereocenters. The number of benzene rings is 1. The minimum absolute atomic E-state index is 0.736. The fourth-order valence-electron chi connectivity index (χ4n) is 3.45. The summed E-state index contributed by atoms with van der Waals surface area (Å²) in [6.07, 6.45) is 5.29. The third kappa shape index (κ3) is 3.35. The Hall–Kier alpha value is -0.820. The molecule has 0 aliphatic heterocycles.